The van der Waals surface area contributed by atoms with Crippen LogP contribution in [0.15, 0.2) is 54.7 Å². The maximum atomic E-state index is 13.3. The van der Waals surface area contributed by atoms with E-state index in [1.54, 1.807) is 41.3 Å². The Morgan fingerprint density at radius 2 is 1.96 bits per heavy atom. The normalized spacial score (nSPS) is 10.9. The van der Waals surface area contributed by atoms with Crippen molar-refractivity contribution in [2.75, 3.05) is 18.8 Å². The third-order valence-corrected chi connectivity index (χ3v) is 4.07. The van der Waals surface area contributed by atoms with Gasteiger partial charge in [0.1, 0.15) is 0 Å². The molecule has 23 heavy (non-hydrogen) atoms. The van der Waals surface area contributed by atoms with Crippen LogP contribution in [0.3, 0.4) is 0 Å². The number of hydrogen-bond donors (Lipinski definition) is 0. The van der Waals surface area contributed by atoms with Crippen LogP contribution in [0.1, 0.15) is 6.55 Å². The minimum Gasteiger partial charge on any atom is -0.335 e. The summed E-state index contributed by atoms with van der Waals surface area (Å²) in [6, 6.07) is 6.67. The summed E-state index contributed by atoms with van der Waals surface area (Å²) in [5.74, 6) is -0.153. The molecule has 0 aliphatic heterocycles. The van der Waals surface area contributed by atoms with E-state index >= 15 is 0 Å². The SMILES string of the molecule is C=CCN(CC=C)C(=O)CSc1nc2ccccc2n1C(F)F. The highest BCUT2D eigenvalue weighted by Gasteiger charge is 2.19. The molecule has 0 saturated heterocycles. The Balaban J connectivity index is 2.18. The van der Waals surface area contributed by atoms with Crippen LogP contribution in [0.25, 0.3) is 11.0 Å². The number of para-hydroxylation sites is 2. The van der Waals surface area contributed by atoms with Crippen LogP contribution in [-0.4, -0.2) is 39.2 Å². The second-order valence-electron chi connectivity index (χ2n) is 4.70. The fourth-order valence-corrected chi connectivity index (χ4v) is 3.04. The summed E-state index contributed by atoms with van der Waals surface area (Å²) < 4.78 is 27.5. The highest BCUT2D eigenvalue weighted by atomic mass is 32.2. The fourth-order valence-electron chi connectivity index (χ4n) is 2.12. The third-order valence-electron chi connectivity index (χ3n) is 3.14. The summed E-state index contributed by atoms with van der Waals surface area (Å²) in [6.07, 6.45) is 3.22. The maximum Gasteiger partial charge on any atom is 0.321 e. The van der Waals surface area contributed by atoms with E-state index in [0.717, 1.165) is 16.3 Å². The van der Waals surface area contributed by atoms with Crippen LogP contribution in [0.2, 0.25) is 0 Å². The molecule has 7 heteroatoms. The van der Waals surface area contributed by atoms with E-state index in [1.807, 2.05) is 0 Å². The van der Waals surface area contributed by atoms with Gasteiger partial charge in [0.2, 0.25) is 5.91 Å². The first-order chi connectivity index (χ1) is 11.1. The lowest BCUT2D eigenvalue weighted by Crippen LogP contribution is -2.32. The molecule has 122 valence electrons. The molecule has 0 bridgehead atoms. The minimum atomic E-state index is -2.71. The average molecular weight is 337 g/mol. The number of imidazole rings is 1. The smallest absolute Gasteiger partial charge is 0.321 e. The molecule has 2 rings (SSSR count). The van der Waals surface area contributed by atoms with Crippen LogP contribution in [0.4, 0.5) is 8.78 Å². The number of halogens is 2. The first kappa shape index (κ1) is 17.2. The van der Waals surface area contributed by atoms with Gasteiger partial charge in [-0.15, -0.1) is 13.2 Å². The van der Waals surface area contributed by atoms with Crippen LogP contribution in [0.5, 0.6) is 0 Å². The Kier molecular flexibility index (Phi) is 5.92. The standard InChI is InChI=1S/C16H17F2N3OS/c1-3-9-20(10-4-2)14(22)11-23-16-19-12-7-5-6-8-13(12)21(16)15(17)18/h3-8,15H,1-2,9-11H2. The van der Waals surface area contributed by atoms with Gasteiger partial charge in [-0.25, -0.2) is 4.98 Å². The van der Waals surface area contributed by atoms with Gasteiger partial charge >= 0.3 is 6.55 Å². The first-order valence-electron chi connectivity index (χ1n) is 6.96. The molecule has 0 aliphatic carbocycles. The molecule has 4 nitrogen and oxygen atoms in total. The largest absolute Gasteiger partial charge is 0.335 e. The minimum absolute atomic E-state index is 0.0255. The summed E-state index contributed by atoms with van der Waals surface area (Å²) >= 11 is 1.00. The molecule has 2 aromatic rings. The molecular formula is C16H17F2N3OS. The number of fused-ring (bicyclic) bond motifs is 1. The van der Waals surface area contributed by atoms with E-state index < -0.39 is 6.55 Å². The second kappa shape index (κ2) is 7.92. The van der Waals surface area contributed by atoms with Gasteiger partial charge in [0, 0.05) is 13.1 Å². The van der Waals surface area contributed by atoms with Crippen LogP contribution >= 0.6 is 11.8 Å². The topological polar surface area (TPSA) is 38.1 Å². The molecule has 0 unspecified atom stereocenters. The Morgan fingerprint density at radius 3 is 2.57 bits per heavy atom. The highest BCUT2D eigenvalue weighted by molar-refractivity contribution is 7.99. The zero-order valence-corrected chi connectivity index (χ0v) is 13.3. The van der Waals surface area contributed by atoms with Crippen molar-refractivity contribution in [1.82, 2.24) is 14.5 Å². The van der Waals surface area contributed by atoms with Gasteiger partial charge in [-0.05, 0) is 12.1 Å². The molecule has 0 spiro atoms. The molecule has 0 fully saturated rings. The third kappa shape index (κ3) is 3.98. The summed E-state index contributed by atoms with van der Waals surface area (Å²) in [5.41, 5.74) is 0.836. The van der Waals surface area contributed by atoms with E-state index in [0.29, 0.717) is 24.1 Å². The number of benzene rings is 1. The lowest BCUT2D eigenvalue weighted by Gasteiger charge is -2.18. The van der Waals surface area contributed by atoms with Crippen LogP contribution in [-0.2, 0) is 4.79 Å². The Morgan fingerprint density at radius 1 is 1.30 bits per heavy atom. The quantitative estimate of drug-likeness (QED) is 0.544. The van der Waals surface area contributed by atoms with Crippen LogP contribution < -0.4 is 0 Å². The van der Waals surface area contributed by atoms with Crippen LogP contribution in [0, 0.1) is 0 Å². The van der Waals surface area contributed by atoms with Crippen molar-refractivity contribution in [2.45, 2.75) is 11.7 Å². The molecule has 0 atom stereocenters. The van der Waals surface area contributed by atoms with Gasteiger partial charge in [-0.3, -0.25) is 9.36 Å². The van der Waals surface area contributed by atoms with Crippen molar-refractivity contribution in [3.05, 3.63) is 49.6 Å². The molecule has 1 aromatic carbocycles. The van der Waals surface area contributed by atoms with E-state index in [9.17, 15) is 13.6 Å². The summed E-state index contributed by atoms with van der Waals surface area (Å²) in [5, 5.41) is 0.131. The number of rotatable bonds is 8. The zero-order valence-electron chi connectivity index (χ0n) is 12.5. The van der Waals surface area contributed by atoms with E-state index in [1.165, 1.54) is 0 Å². The Bertz CT molecular complexity index is 704. The molecule has 0 aliphatic rings. The summed E-state index contributed by atoms with van der Waals surface area (Å²) in [6.45, 7) is 5.26. The summed E-state index contributed by atoms with van der Waals surface area (Å²) in [4.78, 5) is 17.9. The first-order valence-corrected chi connectivity index (χ1v) is 7.94. The van der Waals surface area contributed by atoms with E-state index in [2.05, 4.69) is 18.1 Å². The lowest BCUT2D eigenvalue weighted by atomic mass is 10.3. The molecule has 1 heterocycles. The monoisotopic (exact) mass is 337 g/mol. The van der Waals surface area contributed by atoms with E-state index in [4.69, 9.17) is 0 Å². The number of nitrogens with zero attached hydrogens (tertiary/aromatic N) is 3. The molecule has 0 N–H and O–H groups in total. The van der Waals surface area contributed by atoms with Crippen molar-refractivity contribution in [3.63, 3.8) is 0 Å². The number of aromatic nitrogens is 2. The molecule has 1 aromatic heterocycles. The number of carbonyl (C=O) groups is 1. The number of thioether (sulfide) groups is 1. The Hall–Kier alpha value is -2.15. The molecule has 0 radical (unpaired) electrons. The van der Waals surface area contributed by atoms with E-state index in [-0.39, 0.29) is 16.8 Å². The number of amides is 1. The fraction of sp³-hybridized carbons (Fsp3) is 0.250. The maximum absolute atomic E-state index is 13.3. The average Bonchev–Trinajstić information content (AvgIpc) is 2.90. The Labute approximate surface area is 137 Å². The summed E-state index contributed by atoms with van der Waals surface area (Å²) in [7, 11) is 0. The zero-order chi connectivity index (χ0) is 16.8. The predicted octanol–water partition coefficient (Wildman–Crippen LogP) is 3.72. The predicted molar refractivity (Wildman–Crippen MR) is 88.7 cm³/mol. The lowest BCUT2D eigenvalue weighted by molar-refractivity contribution is -0.127. The molecular weight excluding hydrogens is 320 g/mol. The van der Waals surface area contributed by atoms with Gasteiger partial charge in [-0.1, -0.05) is 36.0 Å². The number of alkyl halides is 2. The van der Waals surface area contributed by atoms with Gasteiger partial charge in [0.05, 0.1) is 16.8 Å². The number of carbonyl (C=O) groups excluding carboxylic acids is 1. The molecule has 0 saturated carbocycles. The highest BCUT2D eigenvalue weighted by Crippen LogP contribution is 2.29. The second-order valence-corrected chi connectivity index (χ2v) is 5.64. The van der Waals surface area contributed by atoms with Crippen molar-refractivity contribution in [2.24, 2.45) is 0 Å². The van der Waals surface area contributed by atoms with Crippen molar-refractivity contribution in [3.8, 4) is 0 Å². The van der Waals surface area contributed by atoms with Crippen molar-refractivity contribution < 1.29 is 13.6 Å². The number of hydrogen-bond acceptors (Lipinski definition) is 3. The van der Waals surface area contributed by atoms with Gasteiger partial charge < -0.3 is 4.90 Å². The van der Waals surface area contributed by atoms with Crippen molar-refractivity contribution >= 4 is 28.7 Å². The van der Waals surface area contributed by atoms with Gasteiger partial charge in [0.15, 0.2) is 5.16 Å². The van der Waals surface area contributed by atoms with Gasteiger partial charge in [0.25, 0.3) is 0 Å². The van der Waals surface area contributed by atoms with Crippen molar-refractivity contribution in [1.29, 1.82) is 0 Å². The van der Waals surface area contributed by atoms with Gasteiger partial charge in [-0.2, -0.15) is 8.78 Å². The molecule has 1 amide bonds.